The van der Waals surface area contributed by atoms with Crippen LogP contribution in [0.4, 0.5) is 0 Å². The largest absolute Gasteiger partial charge is 0.361 e. The second-order valence-electron chi connectivity index (χ2n) is 10.6. The van der Waals surface area contributed by atoms with E-state index in [-0.39, 0.29) is 0 Å². The van der Waals surface area contributed by atoms with E-state index in [1.807, 2.05) is 13.8 Å². The lowest BCUT2D eigenvalue weighted by molar-refractivity contribution is 0.288. The van der Waals surface area contributed by atoms with Gasteiger partial charge in [-0.3, -0.25) is 0 Å². The third-order valence-electron chi connectivity index (χ3n) is 7.89. The monoisotopic (exact) mass is 477 g/mol. The molecule has 34 heavy (non-hydrogen) atoms. The number of halogens is 1. The van der Waals surface area contributed by atoms with Gasteiger partial charge < -0.3 is 4.52 Å². The van der Waals surface area contributed by atoms with E-state index in [1.165, 1.54) is 54.4 Å². The fourth-order valence-electron chi connectivity index (χ4n) is 6.12. The van der Waals surface area contributed by atoms with E-state index in [0.717, 1.165) is 66.5 Å². The topological polar surface area (TPSA) is 26.0 Å². The number of nitrogens with zero attached hydrogens (tertiary/aromatic N) is 1. The first-order chi connectivity index (χ1) is 16.5. The molecule has 1 aromatic heterocycles. The molecule has 0 aromatic carbocycles. The molecular formula is C31H40ClNO. The Morgan fingerprint density at radius 1 is 1.12 bits per heavy atom. The van der Waals surface area contributed by atoms with Crippen LogP contribution in [0, 0.1) is 43.4 Å². The summed E-state index contributed by atoms with van der Waals surface area (Å²) in [6.45, 7) is 8.45. The van der Waals surface area contributed by atoms with Crippen LogP contribution < -0.4 is 0 Å². The molecule has 0 spiro atoms. The highest BCUT2D eigenvalue weighted by molar-refractivity contribution is 6.32. The molecule has 0 saturated heterocycles. The molecule has 1 aromatic rings. The smallest absolute Gasteiger partial charge is 0.141 e. The Balaban J connectivity index is 1.55. The first-order valence-electron chi connectivity index (χ1n) is 13.3. The fourth-order valence-corrected chi connectivity index (χ4v) is 6.49. The summed E-state index contributed by atoms with van der Waals surface area (Å²) in [4.78, 5) is 0. The van der Waals surface area contributed by atoms with Gasteiger partial charge in [0, 0.05) is 23.4 Å². The number of rotatable bonds is 6. The normalized spacial score (nSPS) is 22.1. The number of aromatic nitrogens is 1. The van der Waals surface area contributed by atoms with Gasteiger partial charge in [0.15, 0.2) is 0 Å². The first-order valence-corrected chi connectivity index (χ1v) is 13.7. The standard InChI is InChI=1S/C31H40ClNO/c1-5-6-7-8-13-26(25-11-9-10-12-25)18-24-14-15-27-20-28(31-22(3)33-34-23(31)4)16-21(2)17-29(27)30(32)19-24/h16,19-20,24-26H,5-6,9-15,17-18H2,1-4H3. The lowest BCUT2D eigenvalue weighted by Gasteiger charge is -2.25. The van der Waals surface area contributed by atoms with Crippen molar-refractivity contribution in [2.24, 2.45) is 17.8 Å². The summed E-state index contributed by atoms with van der Waals surface area (Å²) in [6.07, 6.45) is 20.1. The molecule has 2 nitrogen and oxygen atoms in total. The van der Waals surface area contributed by atoms with E-state index in [4.69, 9.17) is 16.1 Å². The van der Waals surface area contributed by atoms with Crippen molar-refractivity contribution in [2.45, 2.75) is 98.3 Å². The van der Waals surface area contributed by atoms with Crippen LogP contribution in [-0.2, 0) is 0 Å². The van der Waals surface area contributed by atoms with E-state index in [0.29, 0.717) is 11.8 Å². The van der Waals surface area contributed by atoms with Crippen molar-refractivity contribution in [3.05, 3.63) is 57.0 Å². The van der Waals surface area contributed by atoms with Gasteiger partial charge >= 0.3 is 0 Å². The minimum Gasteiger partial charge on any atom is -0.361 e. The van der Waals surface area contributed by atoms with Gasteiger partial charge in [-0.1, -0.05) is 73.2 Å². The quantitative estimate of drug-likeness (QED) is 0.381. The summed E-state index contributed by atoms with van der Waals surface area (Å²) in [5.74, 6) is 9.88. The van der Waals surface area contributed by atoms with Gasteiger partial charge in [-0.05, 0) is 87.3 Å². The third-order valence-corrected chi connectivity index (χ3v) is 8.24. The Morgan fingerprint density at radius 3 is 2.62 bits per heavy atom. The summed E-state index contributed by atoms with van der Waals surface area (Å²) in [7, 11) is 0. The molecule has 2 atom stereocenters. The van der Waals surface area contributed by atoms with Gasteiger partial charge in [-0.25, -0.2) is 0 Å². The molecule has 4 rings (SSSR count). The maximum Gasteiger partial charge on any atom is 0.141 e. The van der Waals surface area contributed by atoms with Crippen LogP contribution >= 0.6 is 11.6 Å². The van der Waals surface area contributed by atoms with Crippen LogP contribution in [-0.4, -0.2) is 5.16 Å². The van der Waals surface area contributed by atoms with Gasteiger partial charge in [0.25, 0.3) is 0 Å². The number of unbranched alkanes of at least 4 members (excludes halogenated alkanes) is 1. The van der Waals surface area contributed by atoms with Crippen LogP contribution in [0.1, 0.15) is 101 Å². The van der Waals surface area contributed by atoms with Crippen molar-refractivity contribution in [1.82, 2.24) is 5.16 Å². The molecule has 182 valence electrons. The highest BCUT2D eigenvalue weighted by Crippen LogP contribution is 2.42. The lowest BCUT2D eigenvalue weighted by atomic mass is 9.80. The molecule has 1 saturated carbocycles. The van der Waals surface area contributed by atoms with E-state index in [9.17, 15) is 0 Å². The second kappa shape index (κ2) is 11.6. The van der Waals surface area contributed by atoms with Crippen molar-refractivity contribution >= 4 is 17.2 Å². The third kappa shape index (κ3) is 5.98. The molecule has 3 aliphatic carbocycles. The Morgan fingerprint density at radius 2 is 1.91 bits per heavy atom. The molecule has 0 amide bonds. The molecule has 2 unspecified atom stereocenters. The number of allylic oxidation sites excluding steroid dienone is 8. The summed E-state index contributed by atoms with van der Waals surface area (Å²) in [5.41, 5.74) is 7.30. The van der Waals surface area contributed by atoms with Crippen molar-refractivity contribution < 1.29 is 4.52 Å². The fraction of sp³-hybridized carbons (Fsp3) is 0.581. The van der Waals surface area contributed by atoms with E-state index in [1.54, 1.807) is 0 Å². The number of aryl methyl sites for hydroxylation is 2. The molecule has 3 aliphatic rings. The molecule has 1 heterocycles. The molecule has 0 radical (unpaired) electrons. The van der Waals surface area contributed by atoms with Gasteiger partial charge in [0.2, 0.25) is 0 Å². The van der Waals surface area contributed by atoms with E-state index >= 15 is 0 Å². The van der Waals surface area contributed by atoms with Crippen LogP contribution in [0.15, 0.2) is 44.5 Å². The number of hydrogen-bond acceptors (Lipinski definition) is 2. The minimum atomic E-state index is 0.526. The molecule has 0 bridgehead atoms. The van der Waals surface area contributed by atoms with Gasteiger partial charge in [-0.15, -0.1) is 11.8 Å². The SMILES string of the molecule is CCCC#CCC(CC1C=C(Cl)C2=C(C=C(c3c(C)noc3C)C=C(C)C2)CC1)C1CCCC1. The summed E-state index contributed by atoms with van der Waals surface area (Å²) < 4.78 is 5.48. The minimum absolute atomic E-state index is 0.526. The molecule has 3 heteroatoms. The van der Waals surface area contributed by atoms with Crippen LogP contribution in [0.25, 0.3) is 5.57 Å². The summed E-state index contributed by atoms with van der Waals surface area (Å²) in [5, 5.41) is 5.16. The average molecular weight is 478 g/mol. The van der Waals surface area contributed by atoms with Crippen molar-refractivity contribution in [2.75, 3.05) is 0 Å². The Bertz CT molecular complexity index is 1050. The highest BCUT2D eigenvalue weighted by atomic mass is 35.5. The first kappa shape index (κ1) is 25.1. The van der Waals surface area contributed by atoms with Crippen LogP contribution in [0.3, 0.4) is 0 Å². The zero-order valence-electron chi connectivity index (χ0n) is 21.5. The number of hydrogen-bond donors (Lipinski definition) is 0. The predicted octanol–water partition coefficient (Wildman–Crippen LogP) is 9.24. The van der Waals surface area contributed by atoms with Gasteiger partial charge in [0.1, 0.15) is 5.76 Å². The maximum atomic E-state index is 7.04. The molecule has 0 N–H and O–H groups in total. The maximum absolute atomic E-state index is 7.04. The molecule has 1 fully saturated rings. The van der Waals surface area contributed by atoms with E-state index < -0.39 is 0 Å². The van der Waals surface area contributed by atoms with Crippen molar-refractivity contribution in [3.8, 4) is 11.8 Å². The van der Waals surface area contributed by atoms with Crippen LogP contribution in [0.5, 0.6) is 0 Å². The summed E-state index contributed by atoms with van der Waals surface area (Å²) in [6, 6.07) is 0. The van der Waals surface area contributed by atoms with Crippen molar-refractivity contribution in [1.29, 1.82) is 0 Å². The van der Waals surface area contributed by atoms with Gasteiger partial charge in [-0.2, -0.15) is 0 Å². The Hall–Kier alpha value is -1.98. The predicted molar refractivity (Wildman–Crippen MR) is 143 cm³/mol. The Labute approximate surface area is 211 Å². The lowest BCUT2D eigenvalue weighted by Crippen LogP contribution is -2.15. The van der Waals surface area contributed by atoms with Crippen LogP contribution in [0.2, 0.25) is 0 Å². The average Bonchev–Trinajstić information content (AvgIpc) is 3.38. The summed E-state index contributed by atoms with van der Waals surface area (Å²) >= 11 is 7.04. The zero-order chi connectivity index (χ0) is 24.1. The van der Waals surface area contributed by atoms with Crippen molar-refractivity contribution in [3.63, 3.8) is 0 Å². The highest BCUT2D eigenvalue weighted by Gasteiger charge is 2.28. The zero-order valence-corrected chi connectivity index (χ0v) is 22.2. The Kier molecular flexibility index (Phi) is 8.60. The molecular weight excluding hydrogens is 438 g/mol. The molecule has 0 aliphatic heterocycles. The van der Waals surface area contributed by atoms with E-state index in [2.05, 4.69) is 49.1 Å². The van der Waals surface area contributed by atoms with Gasteiger partial charge in [0.05, 0.1) is 5.69 Å². The second-order valence-corrected chi connectivity index (χ2v) is 11.0.